The predicted molar refractivity (Wildman–Crippen MR) is 140 cm³/mol. The van der Waals surface area contributed by atoms with Crippen LogP contribution >= 0.6 is 0 Å². The second kappa shape index (κ2) is 10.3. The van der Waals surface area contributed by atoms with E-state index in [1.807, 2.05) is 23.1 Å². The molecule has 184 valence electrons. The summed E-state index contributed by atoms with van der Waals surface area (Å²) in [7, 11) is 0. The molecule has 3 aromatic rings. The molecule has 0 bridgehead atoms. The van der Waals surface area contributed by atoms with E-state index in [9.17, 15) is 9.59 Å². The van der Waals surface area contributed by atoms with Crippen molar-refractivity contribution in [2.75, 3.05) is 13.1 Å². The number of nitrogens with zero attached hydrogens (tertiary/aromatic N) is 2. The fourth-order valence-electron chi connectivity index (χ4n) is 5.91. The van der Waals surface area contributed by atoms with Crippen LogP contribution in [-0.2, 0) is 24.3 Å². The van der Waals surface area contributed by atoms with Crippen molar-refractivity contribution in [3.05, 3.63) is 71.4 Å². The van der Waals surface area contributed by atoms with Gasteiger partial charge in [0, 0.05) is 54.8 Å². The van der Waals surface area contributed by atoms with E-state index in [1.165, 1.54) is 16.5 Å². The van der Waals surface area contributed by atoms with Crippen LogP contribution in [0.3, 0.4) is 0 Å². The molecule has 1 aromatic heterocycles. The summed E-state index contributed by atoms with van der Waals surface area (Å²) < 4.78 is 2.35. The summed E-state index contributed by atoms with van der Waals surface area (Å²) in [6.45, 7) is 7.70. The summed E-state index contributed by atoms with van der Waals surface area (Å²) in [5, 5.41) is 4.50. The molecule has 2 heterocycles. The molecule has 1 fully saturated rings. The molecule has 2 amide bonds. The van der Waals surface area contributed by atoms with Crippen LogP contribution in [0.4, 0.5) is 0 Å². The topological polar surface area (TPSA) is 54.3 Å². The van der Waals surface area contributed by atoms with Crippen LogP contribution in [0.5, 0.6) is 0 Å². The van der Waals surface area contributed by atoms with Crippen LogP contribution in [0.25, 0.3) is 10.9 Å². The number of hydrogen-bond donors (Lipinski definition) is 1. The summed E-state index contributed by atoms with van der Waals surface area (Å²) in [6.07, 6.45) is 6.98. The lowest BCUT2D eigenvalue weighted by molar-refractivity contribution is -0.126. The molecule has 0 radical (unpaired) electrons. The fourth-order valence-corrected chi connectivity index (χ4v) is 5.91. The standard InChI is InChI=1S/C30H37N3O2/c1-21(2)17-32-19-25(26-8-5-6-10-28(26)32)15-16-31-29(34)23-13-11-22(12-14-23)18-33-20-24-7-3-4-9-27(24)30(33)35/h3-10,19,21-23H,11-18,20H2,1-2H3,(H,31,34). The van der Waals surface area contributed by atoms with E-state index >= 15 is 0 Å². The third-order valence-electron chi connectivity index (χ3n) is 7.72. The highest BCUT2D eigenvalue weighted by Crippen LogP contribution is 2.32. The zero-order valence-corrected chi connectivity index (χ0v) is 21.0. The Labute approximate surface area is 208 Å². The molecule has 1 saturated carbocycles. The molecule has 0 saturated heterocycles. The Balaban J connectivity index is 1.09. The predicted octanol–water partition coefficient (Wildman–Crippen LogP) is 5.42. The third-order valence-corrected chi connectivity index (χ3v) is 7.72. The number of carbonyl (C=O) groups is 2. The van der Waals surface area contributed by atoms with Gasteiger partial charge in [-0.3, -0.25) is 9.59 Å². The Morgan fingerprint density at radius 3 is 2.54 bits per heavy atom. The molecule has 2 aromatic carbocycles. The van der Waals surface area contributed by atoms with Crippen molar-refractivity contribution in [1.82, 2.24) is 14.8 Å². The Kier molecular flexibility index (Phi) is 6.94. The van der Waals surface area contributed by atoms with Gasteiger partial charge in [-0.25, -0.2) is 0 Å². The van der Waals surface area contributed by atoms with Crippen LogP contribution in [0.2, 0.25) is 0 Å². The zero-order valence-electron chi connectivity index (χ0n) is 21.0. The van der Waals surface area contributed by atoms with Gasteiger partial charge >= 0.3 is 0 Å². The van der Waals surface area contributed by atoms with Gasteiger partial charge in [-0.05, 0) is 67.2 Å². The Morgan fingerprint density at radius 1 is 1.03 bits per heavy atom. The van der Waals surface area contributed by atoms with Crippen molar-refractivity contribution in [2.45, 2.75) is 59.0 Å². The SMILES string of the molecule is CC(C)Cn1cc(CCNC(=O)C2CCC(CN3Cc4ccccc4C3=O)CC2)c2ccccc21. The summed E-state index contributed by atoms with van der Waals surface area (Å²) >= 11 is 0. The van der Waals surface area contributed by atoms with E-state index in [0.717, 1.165) is 62.9 Å². The van der Waals surface area contributed by atoms with Crippen LogP contribution in [0.1, 0.15) is 61.0 Å². The zero-order chi connectivity index (χ0) is 24.4. The molecule has 0 spiro atoms. The number of benzene rings is 2. The lowest BCUT2D eigenvalue weighted by atomic mass is 9.81. The number of para-hydroxylation sites is 1. The Bertz CT molecular complexity index is 1200. The molecule has 35 heavy (non-hydrogen) atoms. The van der Waals surface area contributed by atoms with Gasteiger partial charge in [0.25, 0.3) is 5.91 Å². The lowest BCUT2D eigenvalue weighted by Gasteiger charge is -2.30. The number of amides is 2. The number of rotatable bonds is 8. The van der Waals surface area contributed by atoms with E-state index < -0.39 is 0 Å². The maximum Gasteiger partial charge on any atom is 0.254 e. The van der Waals surface area contributed by atoms with Crippen molar-refractivity contribution >= 4 is 22.7 Å². The molecule has 1 aliphatic carbocycles. The third kappa shape index (κ3) is 5.14. The first-order valence-electron chi connectivity index (χ1n) is 13.2. The number of fused-ring (bicyclic) bond motifs is 2. The summed E-state index contributed by atoms with van der Waals surface area (Å²) in [5.41, 5.74) is 4.58. The molecular formula is C30H37N3O2. The molecule has 5 rings (SSSR count). The average Bonchev–Trinajstić information content (AvgIpc) is 3.36. The van der Waals surface area contributed by atoms with Crippen LogP contribution in [-0.4, -0.2) is 34.4 Å². The van der Waals surface area contributed by atoms with Crippen LogP contribution in [0.15, 0.2) is 54.7 Å². The van der Waals surface area contributed by atoms with Gasteiger partial charge < -0.3 is 14.8 Å². The molecule has 0 atom stereocenters. The molecule has 5 nitrogen and oxygen atoms in total. The van der Waals surface area contributed by atoms with Crippen molar-refractivity contribution in [3.63, 3.8) is 0 Å². The van der Waals surface area contributed by atoms with E-state index in [2.05, 4.69) is 60.3 Å². The molecular weight excluding hydrogens is 434 g/mol. The first kappa shape index (κ1) is 23.7. The highest BCUT2D eigenvalue weighted by atomic mass is 16.2. The molecule has 1 aliphatic heterocycles. The van der Waals surface area contributed by atoms with Crippen molar-refractivity contribution in [3.8, 4) is 0 Å². The summed E-state index contributed by atoms with van der Waals surface area (Å²) in [6, 6.07) is 16.5. The monoisotopic (exact) mass is 471 g/mol. The van der Waals surface area contributed by atoms with E-state index in [0.29, 0.717) is 18.4 Å². The van der Waals surface area contributed by atoms with Crippen molar-refractivity contribution < 1.29 is 9.59 Å². The van der Waals surface area contributed by atoms with E-state index in [4.69, 9.17) is 0 Å². The molecule has 5 heteroatoms. The number of nitrogens with one attached hydrogen (secondary N) is 1. The minimum absolute atomic E-state index is 0.0972. The normalized spacial score (nSPS) is 20.0. The maximum atomic E-state index is 12.9. The Morgan fingerprint density at radius 2 is 1.77 bits per heavy atom. The van der Waals surface area contributed by atoms with Gasteiger partial charge in [0.2, 0.25) is 5.91 Å². The van der Waals surface area contributed by atoms with E-state index in [-0.39, 0.29) is 17.7 Å². The highest BCUT2D eigenvalue weighted by Gasteiger charge is 2.32. The quantitative estimate of drug-likeness (QED) is 0.477. The maximum absolute atomic E-state index is 12.9. The van der Waals surface area contributed by atoms with Crippen LogP contribution in [0, 0.1) is 17.8 Å². The van der Waals surface area contributed by atoms with Gasteiger partial charge in [0.05, 0.1) is 0 Å². The number of hydrogen-bond acceptors (Lipinski definition) is 2. The molecule has 2 aliphatic rings. The minimum atomic E-state index is 0.0972. The second-order valence-electron chi connectivity index (χ2n) is 10.8. The van der Waals surface area contributed by atoms with Gasteiger partial charge in [-0.2, -0.15) is 0 Å². The lowest BCUT2D eigenvalue weighted by Crippen LogP contribution is -2.37. The first-order valence-corrected chi connectivity index (χ1v) is 13.2. The van der Waals surface area contributed by atoms with Gasteiger partial charge in [0.15, 0.2) is 0 Å². The van der Waals surface area contributed by atoms with Gasteiger partial charge in [-0.15, -0.1) is 0 Å². The highest BCUT2D eigenvalue weighted by molar-refractivity contribution is 5.98. The van der Waals surface area contributed by atoms with Gasteiger partial charge in [0.1, 0.15) is 0 Å². The molecule has 1 N–H and O–H groups in total. The average molecular weight is 472 g/mol. The first-order chi connectivity index (χ1) is 17.0. The number of aromatic nitrogens is 1. The molecule has 0 unspecified atom stereocenters. The second-order valence-corrected chi connectivity index (χ2v) is 10.8. The van der Waals surface area contributed by atoms with Gasteiger partial charge in [-0.1, -0.05) is 50.2 Å². The largest absolute Gasteiger partial charge is 0.356 e. The fraction of sp³-hybridized carbons (Fsp3) is 0.467. The van der Waals surface area contributed by atoms with E-state index in [1.54, 1.807) is 0 Å². The smallest absolute Gasteiger partial charge is 0.254 e. The minimum Gasteiger partial charge on any atom is -0.356 e. The van der Waals surface area contributed by atoms with Crippen molar-refractivity contribution in [1.29, 1.82) is 0 Å². The van der Waals surface area contributed by atoms with Crippen LogP contribution < -0.4 is 5.32 Å². The summed E-state index contributed by atoms with van der Waals surface area (Å²) in [4.78, 5) is 27.5. The van der Waals surface area contributed by atoms with Crippen molar-refractivity contribution in [2.24, 2.45) is 17.8 Å². The summed E-state index contributed by atoms with van der Waals surface area (Å²) in [5.74, 6) is 1.53. The Hall–Kier alpha value is -3.08. The number of carbonyl (C=O) groups excluding carboxylic acids is 2.